The van der Waals surface area contributed by atoms with E-state index in [-0.39, 0.29) is 16.3 Å². The van der Waals surface area contributed by atoms with Gasteiger partial charge in [0.25, 0.3) is 0 Å². The maximum absolute atomic E-state index is 13.2. The third kappa shape index (κ3) is 3.11. The van der Waals surface area contributed by atoms with Gasteiger partial charge >= 0.3 is 0 Å². The Hall–Kier alpha value is -1.80. The third-order valence-corrected chi connectivity index (χ3v) is 4.80. The van der Waals surface area contributed by atoms with E-state index in [1.54, 1.807) is 0 Å². The highest BCUT2D eigenvalue weighted by atomic mass is 32.2. The van der Waals surface area contributed by atoms with Crippen LogP contribution in [0.3, 0.4) is 0 Å². The predicted molar refractivity (Wildman–Crippen MR) is 71.1 cm³/mol. The van der Waals surface area contributed by atoms with Crippen molar-refractivity contribution in [3.05, 3.63) is 46.9 Å². The number of halogens is 2. The lowest BCUT2D eigenvalue weighted by atomic mass is 10.1. The molecule has 8 heteroatoms. The molecule has 1 unspecified atom stereocenters. The Morgan fingerprint density at radius 2 is 1.90 bits per heavy atom. The van der Waals surface area contributed by atoms with Crippen LogP contribution in [0.15, 0.2) is 27.6 Å². The second kappa shape index (κ2) is 5.53. The molecule has 1 heterocycles. The van der Waals surface area contributed by atoms with Gasteiger partial charge in [0, 0.05) is 6.04 Å². The number of nitrogens with zero attached hydrogens (tertiary/aromatic N) is 1. The monoisotopic (exact) mass is 316 g/mol. The van der Waals surface area contributed by atoms with Crippen molar-refractivity contribution in [2.45, 2.75) is 31.7 Å². The van der Waals surface area contributed by atoms with Crippen LogP contribution >= 0.6 is 0 Å². The van der Waals surface area contributed by atoms with E-state index in [1.165, 1.54) is 26.8 Å². The van der Waals surface area contributed by atoms with Crippen LogP contribution in [-0.2, 0) is 10.0 Å². The van der Waals surface area contributed by atoms with Gasteiger partial charge in [0.1, 0.15) is 10.6 Å². The fourth-order valence-electron chi connectivity index (χ4n) is 2.00. The molecule has 0 spiro atoms. The summed E-state index contributed by atoms with van der Waals surface area (Å²) in [6.07, 6.45) is 0. The third-order valence-electron chi connectivity index (χ3n) is 3.01. The predicted octanol–water partition coefficient (Wildman–Crippen LogP) is 2.61. The molecule has 1 aromatic heterocycles. The van der Waals surface area contributed by atoms with Crippen molar-refractivity contribution in [3.8, 4) is 0 Å². The number of benzene rings is 1. The molecule has 0 aliphatic heterocycles. The summed E-state index contributed by atoms with van der Waals surface area (Å²) >= 11 is 0. The smallest absolute Gasteiger partial charge is 0.246 e. The zero-order chi connectivity index (χ0) is 15.8. The van der Waals surface area contributed by atoms with E-state index < -0.39 is 27.7 Å². The average molecular weight is 316 g/mol. The summed E-state index contributed by atoms with van der Waals surface area (Å²) < 4.78 is 57.9. The topological polar surface area (TPSA) is 72.2 Å². The summed E-state index contributed by atoms with van der Waals surface area (Å²) in [5, 5.41) is 3.58. The average Bonchev–Trinajstić information content (AvgIpc) is 2.72. The molecule has 5 nitrogen and oxygen atoms in total. The molecule has 114 valence electrons. The van der Waals surface area contributed by atoms with E-state index in [9.17, 15) is 17.2 Å². The molecular formula is C13H14F2N2O3S. The zero-order valence-electron chi connectivity index (χ0n) is 11.6. The molecule has 0 fully saturated rings. The van der Waals surface area contributed by atoms with Gasteiger partial charge in [-0.05, 0) is 38.5 Å². The summed E-state index contributed by atoms with van der Waals surface area (Å²) in [5.74, 6) is -1.85. The number of sulfonamides is 1. The van der Waals surface area contributed by atoms with Crippen molar-refractivity contribution in [1.29, 1.82) is 0 Å². The maximum Gasteiger partial charge on any atom is 0.246 e. The molecule has 0 bridgehead atoms. The van der Waals surface area contributed by atoms with E-state index in [2.05, 4.69) is 9.88 Å². The molecule has 0 radical (unpaired) electrons. The molecule has 21 heavy (non-hydrogen) atoms. The summed E-state index contributed by atoms with van der Waals surface area (Å²) in [6.45, 7) is 4.52. The maximum atomic E-state index is 13.2. The van der Waals surface area contributed by atoms with Gasteiger partial charge in [-0.2, -0.15) is 0 Å². The highest BCUT2D eigenvalue weighted by molar-refractivity contribution is 7.89. The molecule has 1 aromatic carbocycles. The molecule has 0 saturated carbocycles. The Kier molecular flexibility index (Phi) is 4.11. The second-order valence-corrected chi connectivity index (χ2v) is 6.32. The molecule has 1 N–H and O–H groups in total. The van der Waals surface area contributed by atoms with E-state index in [4.69, 9.17) is 4.52 Å². The van der Waals surface area contributed by atoms with Gasteiger partial charge in [0.05, 0.1) is 0 Å². The molecule has 0 aliphatic rings. The standard InChI is InChI=1S/C13H14F2N2O3S/c1-7(10-4-5-11(14)12(15)6-10)17-21(18,19)13-8(2)16-20-9(13)3/h4-7,17H,1-3H3. The number of nitrogens with one attached hydrogen (secondary N) is 1. The van der Waals surface area contributed by atoms with Crippen molar-refractivity contribution in [2.75, 3.05) is 0 Å². The van der Waals surface area contributed by atoms with Crippen LogP contribution in [0.2, 0.25) is 0 Å². The van der Waals surface area contributed by atoms with Crippen LogP contribution in [0.25, 0.3) is 0 Å². The quantitative estimate of drug-likeness (QED) is 0.941. The molecule has 2 rings (SSSR count). The first-order chi connectivity index (χ1) is 9.72. The summed E-state index contributed by atoms with van der Waals surface area (Å²) in [6, 6.07) is 2.49. The first kappa shape index (κ1) is 15.6. The van der Waals surface area contributed by atoms with Crippen LogP contribution in [0.5, 0.6) is 0 Å². The van der Waals surface area contributed by atoms with Gasteiger partial charge in [-0.25, -0.2) is 21.9 Å². The van der Waals surface area contributed by atoms with Crippen LogP contribution in [0.1, 0.15) is 30.0 Å². The fourth-order valence-corrected chi connectivity index (χ4v) is 3.56. The van der Waals surface area contributed by atoms with Gasteiger partial charge < -0.3 is 4.52 Å². The minimum atomic E-state index is -3.87. The molecule has 0 amide bonds. The normalized spacial score (nSPS) is 13.4. The van der Waals surface area contributed by atoms with Gasteiger partial charge in [-0.15, -0.1) is 0 Å². The summed E-state index contributed by atoms with van der Waals surface area (Å²) in [4.78, 5) is -0.0445. The van der Waals surface area contributed by atoms with E-state index in [0.29, 0.717) is 5.56 Å². The lowest BCUT2D eigenvalue weighted by molar-refractivity contribution is 0.390. The molecule has 0 saturated heterocycles. The molecule has 1 atom stereocenters. The minimum absolute atomic E-state index is 0.0445. The molecule has 0 aliphatic carbocycles. The van der Waals surface area contributed by atoms with Crippen molar-refractivity contribution < 1.29 is 21.7 Å². The first-order valence-electron chi connectivity index (χ1n) is 6.12. The minimum Gasteiger partial charge on any atom is -0.360 e. The van der Waals surface area contributed by atoms with Crippen molar-refractivity contribution in [3.63, 3.8) is 0 Å². The lowest BCUT2D eigenvalue weighted by Crippen LogP contribution is -2.27. The Morgan fingerprint density at radius 1 is 1.24 bits per heavy atom. The highest BCUT2D eigenvalue weighted by Crippen LogP contribution is 2.22. The lowest BCUT2D eigenvalue weighted by Gasteiger charge is -2.14. The Labute approximate surface area is 121 Å². The number of rotatable bonds is 4. The highest BCUT2D eigenvalue weighted by Gasteiger charge is 2.26. The summed E-state index contributed by atoms with van der Waals surface area (Å²) in [5.41, 5.74) is 0.543. The Bertz CT molecular complexity index is 752. The van der Waals surface area contributed by atoms with Gasteiger partial charge in [0.15, 0.2) is 17.4 Å². The Balaban J connectivity index is 2.30. The van der Waals surface area contributed by atoms with Gasteiger partial charge in [-0.3, -0.25) is 0 Å². The largest absolute Gasteiger partial charge is 0.360 e. The molecular weight excluding hydrogens is 302 g/mol. The number of aromatic nitrogens is 1. The SMILES string of the molecule is Cc1noc(C)c1S(=O)(=O)NC(C)c1ccc(F)c(F)c1. The van der Waals surface area contributed by atoms with Crippen LogP contribution in [0, 0.1) is 25.5 Å². The number of hydrogen-bond donors (Lipinski definition) is 1. The zero-order valence-corrected chi connectivity index (χ0v) is 12.5. The fraction of sp³-hybridized carbons (Fsp3) is 0.308. The Morgan fingerprint density at radius 3 is 2.43 bits per heavy atom. The summed E-state index contributed by atoms with van der Waals surface area (Å²) in [7, 11) is -3.87. The van der Waals surface area contributed by atoms with Crippen molar-refractivity contribution in [2.24, 2.45) is 0 Å². The van der Waals surface area contributed by atoms with Crippen LogP contribution in [0.4, 0.5) is 8.78 Å². The van der Waals surface area contributed by atoms with Crippen molar-refractivity contribution >= 4 is 10.0 Å². The number of aryl methyl sites for hydroxylation is 2. The van der Waals surface area contributed by atoms with Gasteiger partial charge in [0.2, 0.25) is 10.0 Å². The number of hydrogen-bond acceptors (Lipinski definition) is 4. The van der Waals surface area contributed by atoms with Gasteiger partial charge in [-0.1, -0.05) is 11.2 Å². The van der Waals surface area contributed by atoms with Crippen LogP contribution in [-0.4, -0.2) is 13.6 Å². The van der Waals surface area contributed by atoms with E-state index in [0.717, 1.165) is 12.1 Å². The van der Waals surface area contributed by atoms with E-state index >= 15 is 0 Å². The molecule has 2 aromatic rings. The van der Waals surface area contributed by atoms with E-state index in [1.807, 2.05) is 0 Å². The van der Waals surface area contributed by atoms with Crippen molar-refractivity contribution in [1.82, 2.24) is 9.88 Å². The second-order valence-electron chi connectivity index (χ2n) is 4.67. The first-order valence-corrected chi connectivity index (χ1v) is 7.61. The van der Waals surface area contributed by atoms with Crippen LogP contribution < -0.4 is 4.72 Å².